The summed E-state index contributed by atoms with van der Waals surface area (Å²) in [5, 5.41) is 8.37. The summed E-state index contributed by atoms with van der Waals surface area (Å²) in [5.41, 5.74) is 1.08. The molecule has 0 aliphatic rings. The van der Waals surface area contributed by atoms with Crippen molar-refractivity contribution in [2.24, 2.45) is 0 Å². The van der Waals surface area contributed by atoms with Crippen LogP contribution in [0.25, 0.3) is 0 Å². The zero-order chi connectivity index (χ0) is 17.8. The Morgan fingerprint density at radius 3 is 1.73 bits per heavy atom. The molecule has 6 heteroatoms. The first-order chi connectivity index (χ1) is 10.4. The Morgan fingerprint density at radius 1 is 1.05 bits per heavy atom. The van der Waals surface area contributed by atoms with Crippen LogP contribution in [-0.4, -0.2) is 11.1 Å². The Balaban J connectivity index is -0.000000276. The van der Waals surface area contributed by atoms with Gasteiger partial charge in [0.15, 0.2) is 0 Å². The summed E-state index contributed by atoms with van der Waals surface area (Å²) in [6, 6.07) is 9.62. The molecule has 0 fully saturated rings. The first-order valence-electron chi connectivity index (χ1n) is 7.47. The monoisotopic (exact) mass is 684 g/mol. The van der Waals surface area contributed by atoms with Gasteiger partial charge in [-0.3, -0.25) is 4.79 Å². The Labute approximate surface area is 174 Å². The number of rotatable bonds is 5. The van der Waals surface area contributed by atoms with Gasteiger partial charge in [0.05, 0.1) is 0 Å². The van der Waals surface area contributed by atoms with Gasteiger partial charge in [-0.05, 0) is 12.0 Å². The van der Waals surface area contributed by atoms with Crippen LogP contribution in [-0.2, 0) is 16.1 Å². The van der Waals surface area contributed by atoms with E-state index in [1.165, 1.54) is 19.3 Å². The molecular formula is C16H28I3O2V. The topological polar surface area (TPSA) is 37.3 Å². The third kappa shape index (κ3) is 33.2. The van der Waals surface area contributed by atoms with Crippen molar-refractivity contribution >= 4 is 65.9 Å². The van der Waals surface area contributed by atoms with Crippen molar-refractivity contribution in [1.29, 1.82) is 0 Å². The predicted molar refractivity (Wildman–Crippen MR) is 121 cm³/mol. The molecule has 1 N–H and O–H groups in total. The molecule has 0 saturated heterocycles. The maximum atomic E-state index is 10.2. The van der Waals surface area contributed by atoms with Crippen molar-refractivity contribution in [3.8, 4) is 0 Å². The Hall–Kier alpha value is 1.46. The quantitative estimate of drug-likeness (QED) is 0.325. The van der Waals surface area contributed by atoms with Gasteiger partial charge in [-0.1, -0.05) is 77.3 Å². The second-order valence-corrected chi connectivity index (χ2v) is 39.3. The molecule has 0 aliphatic carbocycles. The molecule has 1 aromatic carbocycles. The molecule has 1 aromatic rings. The Morgan fingerprint density at radius 2 is 1.45 bits per heavy atom. The van der Waals surface area contributed by atoms with Crippen molar-refractivity contribution in [2.45, 2.75) is 59.8 Å². The summed E-state index contributed by atoms with van der Waals surface area (Å²) in [6.07, 6.45) is 4.91. The number of aryl methyl sites for hydroxylation is 1. The molecule has 0 radical (unpaired) electrons. The average molecular weight is 684 g/mol. The second kappa shape index (κ2) is 24.7. The summed E-state index contributed by atoms with van der Waals surface area (Å²) >= 11 is 7.39. The number of hydrogen-bond donors (Lipinski definition) is 1. The fraction of sp³-hybridized carbons (Fsp3) is 0.562. The molecule has 22 heavy (non-hydrogen) atoms. The molecule has 0 spiro atoms. The van der Waals surface area contributed by atoms with Gasteiger partial charge in [-0.2, -0.15) is 0 Å². The van der Waals surface area contributed by atoms with E-state index in [1.54, 1.807) is 0 Å². The standard InChI is InChI=1S/C9H10O2.C5H12.C2H6.3HI.V/c10-9(11)7-6-8-4-2-1-3-5-8;1-3-5-4-2;1-2;;;;/h1-5H,6-7H2,(H,10,11);3-5H2,1-2H3;1-2H3;3*1H;/q;;;;;;+3/p-3. The second-order valence-electron chi connectivity index (χ2n) is 3.92. The third-order valence-corrected chi connectivity index (χ3v) is 2.18. The summed E-state index contributed by atoms with van der Waals surface area (Å²) in [4.78, 5) is 9.90. The summed E-state index contributed by atoms with van der Waals surface area (Å²) in [7, 11) is 0. The maximum absolute atomic E-state index is 10.2. The van der Waals surface area contributed by atoms with Crippen LogP contribution in [0.2, 0.25) is 0 Å². The van der Waals surface area contributed by atoms with E-state index in [0.717, 1.165) is 5.56 Å². The van der Waals surface area contributed by atoms with Crippen molar-refractivity contribution in [3.05, 3.63) is 35.9 Å². The molecule has 0 amide bonds. The van der Waals surface area contributed by atoms with Crippen LogP contribution >= 0.6 is 59.9 Å². The molecule has 0 bridgehead atoms. The van der Waals surface area contributed by atoms with Crippen molar-refractivity contribution in [3.63, 3.8) is 0 Å². The molecule has 0 aromatic heterocycles. The van der Waals surface area contributed by atoms with Gasteiger partial charge in [-0.15, -0.1) is 0 Å². The third-order valence-electron chi connectivity index (χ3n) is 2.18. The van der Waals surface area contributed by atoms with Crippen LogP contribution in [0, 0.1) is 0 Å². The van der Waals surface area contributed by atoms with E-state index >= 15 is 0 Å². The fourth-order valence-electron chi connectivity index (χ4n) is 1.25. The zero-order valence-corrected chi connectivity index (χ0v) is 21.7. The van der Waals surface area contributed by atoms with E-state index < -0.39 is 5.97 Å². The summed E-state index contributed by atoms with van der Waals surface area (Å²) in [6.45, 7) is 8.42. The first kappa shape index (κ1) is 28.3. The molecular weight excluding hydrogens is 656 g/mol. The Bertz CT molecular complexity index is 318. The van der Waals surface area contributed by atoms with Crippen LogP contribution in [0.1, 0.15) is 58.9 Å². The van der Waals surface area contributed by atoms with Crippen LogP contribution in [0.4, 0.5) is 0 Å². The van der Waals surface area contributed by atoms with Gasteiger partial charge in [0.25, 0.3) is 0 Å². The van der Waals surface area contributed by atoms with E-state index in [9.17, 15) is 4.79 Å². The number of aliphatic carboxylic acids is 1. The van der Waals surface area contributed by atoms with Crippen LogP contribution < -0.4 is 0 Å². The predicted octanol–water partition coefficient (Wildman–Crippen LogP) is 7.58. The van der Waals surface area contributed by atoms with Gasteiger partial charge in [-0.25, -0.2) is 0 Å². The number of carbonyl (C=O) groups is 1. The SMILES string of the molecule is CC.CCCCC.O=C(O)CCc1ccccc1.[I][V]([I])[I]. The van der Waals surface area contributed by atoms with Crippen molar-refractivity contribution < 1.29 is 14.8 Å². The number of carboxylic acid groups (broad SMARTS) is 1. The molecule has 0 heterocycles. The summed E-state index contributed by atoms with van der Waals surface area (Å²) in [5.74, 6) is -0.742. The molecule has 0 unspecified atom stereocenters. The number of hydrogen-bond acceptors (Lipinski definition) is 1. The van der Waals surface area contributed by atoms with Gasteiger partial charge in [0.1, 0.15) is 0 Å². The first-order valence-corrected chi connectivity index (χ1v) is 21.0. The van der Waals surface area contributed by atoms with Crippen LogP contribution in [0.15, 0.2) is 30.3 Å². The van der Waals surface area contributed by atoms with Crippen LogP contribution in [0.5, 0.6) is 0 Å². The molecule has 1 rings (SSSR count). The van der Waals surface area contributed by atoms with E-state index in [4.69, 9.17) is 5.11 Å². The molecule has 2 nitrogen and oxygen atoms in total. The normalized spacial score (nSPS) is 8.55. The van der Waals surface area contributed by atoms with Crippen LogP contribution in [0.3, 0.4) is 0 Å². The van der Waals surface area contributed by atoms with E-state index in [2.05, 4.69) is 73.8 Å². The molecule has 0 aliphatic heterocycles. The summed E-state index contributed by atoms with van der Waals surface area (Å²) < 4.78 is 0. The number of halogens is 3. The number of benzene rings is 1. The van der Waals surface area contributed by atoms with Gasteiger partial charge in [0.2, 0.25) is 0 Å². The molecule has 0 atom stereocenters. The Kier molecular flexibility index (Phi) is 31.8. The van der Waals surface area contributed by atoms with Crippen molar-refractivity contribution in [2.75, 3.05) is 0 Å². The molecule has 0 saturated carbocycles. The minimum atomic E-state index is -0.742. The fourth-order valence-corrected chi connectivity index (χ4v) is 1.25. The average Bonchev–Trinajstić information content (AvgIpc) is 2.49. The van der Waals surface area contributed by atoms with E-state index in [-0.39, 0.29) is 11.3 Å². The van der Waals surface area contributed by atoms with Gasteiger partial charge >= 0.3 is 70.8 Å². The molecule has 130 valence electrons. The van der Waals surface area contributed by atoms with E-state index in [1.807, 2.05) is 44.2 Å². The van der Waals surface area contributed by atoms with Crippen molar-refractivity contribution in [1.82, 2.24) is 0 Å². The zero-order valence-electron chi connectivity index (χ0n) is 13.9. The van der Waals surface area contributed by atoms with E-state index in [0.29, 0.717) is 6.42 Å². The number of carboxylic acids is 1. The number of unbranched alkanes of at least 4 members (excludes halogenated alkanes) is 2. The van der Waals surface area contributed by atoms with Gasteiger partial charge < -0.3 is 5.11 Å². The minimum absolute atomic E-state index is 0.212. The van der Waals surface area contributed by atoms with Gasteiger partial charge in [0, 0.05) is 6.42 Å².